The number of carboxylic acid groups (broad SMARTS) is 1. The second-order valence-corrected chi connectivity index (χ2v) is 3.36. The molecule has 4 heteroatoms. The van der Waals surface area contributed by atoms with Gasteiger partial charge in [-0.15, -0.1) is 0 Å². The quantitative estimate of drug-likeness (QED) is 0.553. The van der Waals surface area contributed by atoms with Crippen molar-refractivity contribution in [2.45, 2.75) is 32.9 Å². The first-order chi connectivity index (χ1) is 5.45. The van der Waals surface area contributed by atoms with Crippen molar-refractivity contribution in [2.24, 2.45) is 5.92 Å². The summed E-state index contributed by atoms with van der Waals surface area (Å²) in [4.78, 5) is 10.5. The predicted molar refractivity (Wildman–Crippen MR) is 45.9 cm³/mol. The Balaban J connectivity index is 3.88. The molecule has 0 radical (unpaired) electrons. The van der Waals surface area contributed by atoms with Gasteiger partial charge in [0.2, 0.25) is 0 Å². The number of carbonyl (C=O) groups is 1. The molecule has 2 atom stereocenters. The van der Waals surface area contributed by atoms with Crippen LogP contribution < -0.4 is 5.32 Å². The summed E-state index contributed by atoms with van der Waals surface area (Å²) in [5, 5.41) is 20.5. The molecule has 3 N–H and O–H groups in total. The summed E-state index contributed by atoms with van der Waals surface area (Å²) in [6.07, 6.45) is -0.860. The lowest BCUT2D eigenvalue weighted by atomic mass is 10.1. The summed E-state index contributed by atoms with van der Waals surface area (Å²) in [7, 11) is 0. The van der Waals surface area contributed by atoms with Crippen molar-refractivity contribution in [1.29, 1.82) is 0 Å². The van der Waals surface area contributed by atoms with Crippen LogP contribution >= 0.6 is 0 Å². The highest BCUT2D eigenvalue weighted by Crippen LogP contribution is 1.95. The minimum absolute atomic E-state index is 0.380. The molecule has 0 aliphatic heterocycles. The third-order valence-corrected chi connectivity index (χ3v) is 1.49. The molecule has 0 aliphatic rings. The van der Waals surface area contributed by atoms with Crippen LogP contribution in [0.3, 0.4) is 0 Å². The summed E-state index contributed by atoms with van der Waals surface area (Å²) in [5.74, 6) is -0.628. The third-order valence-electron chi connectivity index (χ3n) is 1.49. The molecule has 0 amide bonds. The molecule has 4 nitrogen and oxygen atoms in total. The zero-order valence-corrected chi connectivity index (χ0v) is 7.74. The summed E-state index contributed by atoms with van der Waals surface area (Å²) >= 11 is 0. The molecule has 0 saturated heterocycles. The Morgan fingerprint density at radius 1 is 1.42 bits per heavy atom. The largest absolute Gasteiger partial charge is 0.480 e. The number of carboxylic acids is 1. The Labute approximate surface area is 72.6 Å². The maximum Gasteiger partial charge on any atom is 0.323 e. The number of rotatable bonds is 5. The monoisotopic (exact) mass is 175 g/mol. The van der Waals surface area contributed by atoms with Gasteiger partial charge >= 0.3 is 5.97 Å². The second-order valence-electron chi connectivity index (χ2n) is 3.36. The standard InChI is InChI=1S/C8H17NO3/c1-5(2)4-9-7(6(3)10)8(11)12/h5-7,9-10H,4H2,1-3H3,(H,11,12)/t6-,7?/m0/s1. The summed E-state index contributed by atoms with van der Waals surface area (Å²) in [6, 6.07) is -0.854. The summed E-state index contributed by atoms with van der Waals surface area (Å²) < 4.78 is 0. The number of aliphatic hydroxyl groups is 1. The van der Waals surface area contributed by atoms with Crippen LogP contribution in [0.25, 0.3) is 0 Å². The molecule has 0 heterocycles. The van der Waals surface area contributed by atoms with E-state index in [1.54, 1.807) is 0 Å². The Morgan fingerprint density at radius 3 is 2.17 bits per heavy atom. The molecule has 72 valence electrons. The first kappa shape index (κ1) is 11.4. The van der Waals surface area contributed by atoms with Crippen molar-refractivity contribution < 1.29 is 15.0 Å². The molecule has 0 rings (SSSR count). The molecule has 0 aliphatic carbocycles. The maximum absolute atomic E-state index is 10.5. The minimum atomic E-state index is -1.01. The second kappa shape index (κ2) is 5.11. The van der Waals surface area contributed by atoms with Gasteiger partial charge in [0.15, 0.2) is 0 Å². The maximum atomic E-state index is 10.5. The molecule has 0 fully saturated rings. The topological polar surface area (TPSA) is 69.6 Å². The molecule has 12 heavy (non-hydrogen) atoms. The lowest BCUT2D eigenvalue weighted by Gasteiger charge is -2.18. The number of hydrogen-bond acceptors (Lipinski definition) is 3. The molecule has 0 aromatic rings. The average Bonchev–Trinajstić information content (AvgIpc) is 1.84. The Kier molecular flexibility index (Phi) is 4.85. The SMILES string of the molecule is CC(C)CNC(C(=O)O)[C@H](C)O. The van der Waals surface area contributed by atoms with Crippen LogP contribution in [0.2, 0.25) is 0 Å². The first-order valence-electron chi connectivity index (χ1n) is 4.09. The Hall–Kier alpha value is -0.610. The number of nitrogens with one attached hydrogen (secondary N) is 1. The lowest BCUT2D eigenvalue weighted by Crippen LogP contribution is -2.46. The van der Waals surface area contributed by atoms with E-state index in [9.17, 15) is 4.79 Å². The van der Waals surface area contributed by atoms with E-state index in [-0.39, 0.29) is 0 Å². The fourth-order valence-corrected chi connectivity index (χ4v) is 0.827. The van der Waals surface area contributed by atoms with Crippen LogP contribution in [0.1, 0.15) is 20.8 Å². The first-order valence-corrected chi connectivity index (χ1v) is 4.09. The zero-order valence-electron chi connectivity index (χ0n) is 7.74. The van der Waals surface area contributed by atoms with Gasteiger partial charge in [-0.2, -0.15) is 0 Å². The van der Waals surface area contributed by atoms with Crippen LogP contribution in [-0.2, 0) is 4.79 Å². The van der Waals surface area contributed by atoms with Crippen molar-refractivity contribution in [3.63, 3.8) is 0 Å². The number of hydrogen-bond donors (Lipinski definition) is 3. The molecular formula is C8H17NO3. The number of aliphatic carboxylic acids is 1. The fraction of sp³-hybridized carbons (Fsp3) is 0.875. The van der Waals surface area contributed by atoms with Crippen LogP contribution in [-0.4, -0.2) is 34.9 Å². The molecule has 0 aromatic carbocycles. The Bertz CT molecular complexity index is 145. The van der Waals surface area contributed by atoms with E-state index in [4.69, 9.17) is 10.2 Å². The molecule has 0 aromatic heterocycles. The predicted octanol–water partition coefficient (Wildman–Crippen LogP) is 0.0660. The van der Waals surface area contributed by atoms with E-state index in [0.29, 0.717) is 12.5 Å². The molecule has 0 saturated carbocycles. The van der Waals surface area contributed by atoms with Gasteiger partial charge in [0.1, 0.15) is 6.04 Å². The van der Waals surface area contributed by atoms with E-state index in [1.807, 2.05) is 13.8 Å². The van der Waals surface area contributed by atoms with Gasteiger partial charge in [0.05, 0.1) is 6.10 Å². The van der Waals surface area contributed by atoms with Crippen molar-refractivity contribution in [1.82, 2.24) is 5.32 Å². The van der Waals surface area contributed by atoms with Crippen LogP contribution in [0.4, 0.5) is 0 Å². The van der Waals surface area contributed by atoms with Crippen molar-refractivity contribution in [3.05, 3.63) is 0 Å². The van der Waals surface area contributed by atoms with E-state index < -0.39 is 18.1 Å². The minimum Gasteiger partial charge on any atom is -0.480 e. The summed E-state index contributed by atoms with van der Waals surface area (Å²) in [6.45, 7) is 6.02. The van der Waals surface area contributed by atoms with Gasteiger partial charge in [0.25, 0.3) is 0 Å². The third kappa shape index (κ3) is 4.31. The van der Waals surface area contributed by atoms with Crippen LogP contribution in [0, 0.1) is 5.92 Å². The molecule has 0 spiro atoms. The van der Waals surface area contributed by atoms with Crippen LogP contribution in [0.5, 0.6) is 0 Å². The highest BCUT2D eigenvalue weighted by atomic mass is 16.4. The highest BCUT2D eigenvalue weighted by Gasteiger charge is 2.21. The molecule has 1 unspecified atom stereocenters. The highest BCUT2D eigenvalue weighted by molar-refractivity contribution is 5.74. The van der Waals surface area contributed by atoms with E-state index in [2.05, 4.69) is 5.32 Å². The van der Waals surface area contributed by atoms with Gasteiger partial charge in [-0.3, -0.25) is 4.79 Å². The summed E-state index contributed by atoms with van der Waals surface area (Å²) in [5.41, 5.74) is 0. The molecule has 0 bridgehead atoms. The van der Waals surface area contributed by atoms with Gasteiger partial charge in [-0.05, 0) is 19.4 Å². The lowest BCUT2D eigenvalue weighted by molar-refractivity contribution is -0.142. The van der Waals surface area contributed by atoms with Crippen molar-refractivity contribution in [3.8, 4) is 0 Å². The van der Waals surface area contributed by atoms with Crippen molar-refractivity contribution in [2.75, 3.05) is 6.54 Å². The smallest absolute Gasteiger partial charge is 0.323 e. The average molecular weight is 175 g/mol. The van der Waals surface area contributed by atoms with E-state index >= 15 is 0 Å². The van der Waals surface area contributed by atoms with Crippen molar-refractivity contribution >= 4 is 5.97 Å². The fourth-order valence-electron chi connectivity index (χ4n) is 0.827. The Morgan fingerprint density at radius 2 is 1.92 bits per heavy atom. The van der Waals surface area contributed by atoms with Gasteiger partial charge in [0, 0.05) is 0 Å². The van der Waals surface area contributed by atoms with Crippen LogP contribution in [0.15, 0.2) is 0 Å². The normalized spacial score (nSPS) is 16.1. The van der Waals surface area contributed by atoms with Gasteiger partial charge in [-0.25, -0.2) is 0 Å². The van der Waals surface area contributed by atoms with E-state index in [1.165, 1.54) is 6.92 Å². The van der Waals surface area contributed by atoms with Gasteiger partial charge in [-0.1, -0.05) is 13.8 Å². The molecular weight excluding hydrogens is 158 g/mol. The van der Waals surface area contributed by atoms with Gasteiger partial charge < -0.3 is 15.5 Å². The van der Waals surface area contributed by atoms with E-state index in [0.717, 1.165) is 0 Å². The number of aliphatic hydroxyl groups excluding tert-OH is 1. The zero-order chi connectivity index (χ0) is 9.72.